The number of rotatable bonds is 9. The summed E-state index contributed by atoms with van der Waals surface area (Å²) in [5.41, 5.74) is 0. The van der Waals surface area contributed by atoms with Gasteiger partial charge in [-0.05, 0) is 57.1 Å². The first kappa shape index (κ1) is 21.2. The largest absolute Gasteiger partial charge is 0.491 e. The lowest BCUT2D eigenvalue weighted by Gasteiger charge is -2.17. The van der Waals surface area contributed by atoms with Crippen LogP contribution in [0.4, 0.5) is 0 Å². The van der Waals surface area contributed by atoms with Gasteiger partial charge >= 0.3 is 0 Å². The summed E-state index contributed by atoms with van der Waals surface area (Å²) in [7, 11) is -1.52. The van der Waals surface area contributed by atoms with Crippen molar-refractivity contribution in [1.29, 1.82) is 0 Å². The smallest absolute Gasteiger partial charge is 0.243 e. The molecule has 6 nitrogen and oxygen atoms in total. The second-order valence-electron chi connectivity index (χ2n) is 5.59. The molecule has 138 valence electrons. The van der Waals surface area contributed by atoms with Gasteiger partial charge in [-0.2, -0.15) is 4.31 Å². The van der Waals surface area contributed by atoms with Gasteiger partial charge in [-0.1, -0.05) is 0 Å². The van der Waals surface area contributed by atoms with Crippen LogP contribution >= 0.6 is 12.4 Å². The molecule has 1 atom stereocenters. The number of sulfonamides is 1. The number of ether oxygens (including phenoxy) is 2. The average molecular weight is 379 g/mol. The fourth-order valence-electron chi connectivity index (χ4n) is 2.69. The average Bonchev–Trinajstić information content (AvgIpc) is 3.02. The molecule has 0 bridgehead atoms. The summed E-state index contributed by atoms with van der Waals surface area (Å²) < 4.78 is 37.6. The number of hydrogen-bond donors (Lipinski definition) is 1. The van der Waals surface area contributed by atoms with Crippen molar-refractivity contribution >= 4 is 22.4 Å². The molecule has 1 aromatic rings. The molecule has 2 rings (SSSR count). The second kappa shape index (κ2) is 10.2. The zero-order chi connectivity index (χ0) is 16.7. The van der Waals surface area contributed by atoms with Crippen molar-refractivity contribution in [2.75, 3.05) is 46.5 Å². The molecule has 0 amide bonds. The maximum absolute atomic E-state index is 12.6. The quantitative estimate of drug-likeness (QED) is 0.663. The van der Waals surface area contributed by atoms with E-state index < -0.39 is 10.0 Å². The van der Waals surface area contributed by atoms with Crippen LogP contribution in [-0.2, 0) is 14.8 Å². The van der Waals surface area contributed by atoms with Crippen molar-refractivity contribution < 1.29 is 17.9 Å². The Balaban J connectivity index is 0.00000288. The van der Waals surface area contributed by atoms with Crippen LogP contribution in [-0.4, -0.2) is 59.2 Å². The normalized spacial score (nSPS) is 18.3. The predicted octanol–water partition coefficient (Wildman–Crippen LogP) is 1.75. The molecule has 0 aromatic heterocycles. The highest BCUT2D eigenvalue weighted by Gasteiger charge is 2.32. The molecule has 24 heavy (non-hydrogen) atoms. The number of nitrogens with zero attached hydrogens (tertiary/aromatic N) is 1. The standard InChI is InChI=1S/C16H26N2O4S.ClH/c1-3-21-10-11-22-15-4-6-16(7-5-15)23(19,20)18-9-8-14(13-18)12-17-2;/h4-7,14,17H,3,8-13H2,1-2H3;1H. The Bertz CT molecular complexity index is 580. The molecule has 1 N–H and O–H groups in total. The Hall–Kier alpha value is -0.860. The van der Waals surface area contributed by atoms with Gasteiger partial charge in [0.1, 0.15) is 12.4 Å². The summed E-state index contributed by atoms with van der Waals surface area (Å²) in [6.45, 7) is 5.58. The Morgan fingerprint density at radius 3 is 2.58 bits per heavy atom. The zero-order valence-electron chi connectivity index (χ0n) is 14.2. The summed E-state index contributed by atoms with van der Waals surface area (Å²) in [6.07, 6.45) is 0.901. The van der Waals surface area contributed by atoms with Crippen molar-refractivity contribution in [3.63, 3.8) is 0 Å². The Labute approximate surface area is 151 Å². The van der Waals surface area contributed by atoms with Gasteiger partial charge in [0, 0.05) is 19.7 Å². The summed E-state index contributed by atoms with van der Waals surface area (Å²) in [6, 6.07) is 6.60. The molecule has 8 heteroatoms. The first-order valence-corrected chi connectivity index (χ1v) is 9.47. The van der Waals surface area contributed by atoms with Crippen LogP contribution in [0.15, 0.2) is 29.2 Å². The molecular formula is C16H27ClN2O4S. The maximum atomic E-state index is 12.6. The van der Waals surface area contributed by atoms with E-state index >= 15 is 0 Å². The highest BCUT2D eigenvalue weighted by Crippen LogP contribution is 2.25. The second-order valence-corrected chi connectivity index (χ2v) is 7.53. The molecule has 1 heterocycles. The van der Waals surface area contributed by atoms with Crippen LogP contribution in [0.2, 0.25) is 0 Å². The zero-order valence-corrected chi connectivity index (χ0v) is 15.9. The molecule has 1 saturated heterocycles. The number of nitrogens with one attached hydrogen (secondary N) is 1. The highest BCUT2D eigenvalue weighted by atomic mass is 35.5. The van der Waals surface area contributed by atoms with Crippen LogP contribution in [0, 0.1) is 5.92 Å². The summed E-state index contributed by atoms with van der Waals surface area (Å²) in [5.74, 6) is 1.04. The predicted molar refractivity (Wildman–Crippen MR) is 96.5 cm³/mol. The maximum Gasteiger partial charge on any atom is 0.243 e. The first-order valence-electron chi connectivity index (χ1n) is 8.03. The van der Waals surface area contributed by atoms with E-state index in [0.717, 1.165) is 13.0 Å². The molecule has 0 aliphatic carbocycles. The molecule has 1 aliphatic rings. The topological polar surface area (TPSA) is 67.9 Å². The molecule has 0 saturated carbocycles. The van der Waals surface area contributed by atoms with Gasteiger partial charge in [-0.25, -0.2) is 8.42 Å². The SMILES string of the molecule is CCOCCOc1ccc(S(=O)(=O)N2CCC(CNC)C2)cc1.Cl. The van der Waals surface area contributed by atoms with Crippen molar-refractivity contribution in [1.82, 2.24) is 9.62 Å². The van der Waals surface area contributed by atoms with Gasteiger partial charge < -0.3 is 14.8 Å². The Morgan fingerprint density at radius 1 is 1.25 bits per heavy atom. The van der Waals surface area contributed by atoms with E-state index in [2.05, 4.69) is 5.32 Å². The van der Waals surface area contributed by atoms with Gasteiger partial charge in [0.15, 0.2) is 0 Å². The van der Waals surface area contributed by atoms with E-state index in [4.69, 9.17) is 9.47 Å². The van der Waals surface area contributed by atoms with Gasteiger partial charge in [-0.3, -0.25) is 0 Å². The fraction of sp³-hybridized carbons (Fsp3) is 0.625. The minimum absolute atomic E-state index is 0. The van der Waals surface area contributed by atoms with Gasteiger partial charge in [0.05, 0.1) is 11.5 Å². The van der Waals surface area contributed by atoms with E-state index in [-0.39, 0.29) is 12.4 Å². The highest BCUT2D eigenvalue weighted by molar-refractivity contribution is 7.89. The lowest BCUT2D eigenvalue weighted by Crippen LogP contribution is -2.30. The number of hydrogen-bond acceptors (Lipinski definition) is 5. The van der Waals surface area contributed by atoms with E-state index in [1.54, 1.807) is 28.6 Å². The van der Waals surface area contributed by atoms with E-state index in [0.29, 0.717) is 49.5 Å². The van der Waals surface area contributed by atoms with Crippen molar-refractivity contribution in [2.24, 2.45) is 5.92 Å². The summed E-state index contributed by atoms with van der Waals surface area (Å²) >= 11 is 0. The Morgan fingerprint density at radius 2 is 1.96 bits per heavy atom. The molecule has 1 fully saturated rings. The molecule has 1 aromatic carbocycles. The lowest BCUT2D eigenvalue weighted by molar-refractivity contribution is 0.110. The van der Waals surface area contributed by atoms with E-state index in [1.807, 2.05) is 14.0 Å². The summed E-state index contributed by atoms with van der Waals surface area (Å²) in [4.78, 5) is 0.319. The monoisotopic (exact) mass is 378 g/mol. The van der Waals surface area contributed by atoms with Gasteiger partial charge in [0.25, 0.3) is 0 Å². The third-order valence-corrected chi connectivity index (χ3v) is 5.78. The summed E-state index contributed by atoms with van der Waals surface area (Å²) in [5, 5.41) is 3.11. The number of halogens is 1. The molecular weight excluding hydrogens is 352 g/mol. The molecule has 0 radical (unpaired) electrons. The minimum Gasteiger partial charge on any atom is -0.491 e. The fourth-order valence-corrected chi connectivity index (χ4v) is 4.22. The van der Waals surface area contributed by atoms with Crippen LogP contribution in [0.3, 0.4) is 0 Å². The third kappa shape index (κ3) is 5.60. The molecule has 1 aliphatic heterocycles. The van der Waals surface area contributed by atoms with Crippen LogP contribution in [0.25, 0.3) is 0 Å². The van der Waals surface area contributed by atoms with Crippen LogP contribution in [0.5, 0.6) is 5.75 Å². The van der Waals surface area contributed by atoms with Crippen molar-refractivity contribution in [3.8, 4) is 5.75 Å². The Kier molecular flexibility index (Phi) is 9.01. The third-order valence-electron chi connectivity index (χ3n) is 3.90. The van der Waals surface area contributed by atoms with E-state index in [9.17, 15) is 8.42 Å². The van der Waals surface area contributed by atoms with Gasteiger partial charge in [0.2, 0.25) is 10.0 Å². The lowest BCUT2D eigenvalue weighted by atomic mass is 10.1. The number of benzene rings is 1. The minimum atomic E-state index is -3.41. The molecule has 0 spiro atoms. The van der Waals surface area contributed by atoms with E-state index in [1.165, 1.54) is 0 Å². The first-order chi connectivity index (χ1) is 11.1. The van der Waals surface area contributed by atoms with Crippen LogP contribution in [0.1, 0.15) is 13.3 Å². The van der Waals surface area contributed by atoms with Crippen molar-refractivity contribution in [3.05, 3.63) is 24.3 Å². The van der Waals surface area contributed by atoms with Crippen LogP contribution < -0.4 is 10.1 Å². The van der Waals surface area contributed by atoms with Crippen molar-refractivity contribution in [2.45, 2.75) is 18.2 Å². The molecule has 1 unspecified atom stereocenters. The van der Waals surface area contributed by atoms with Gasteiger partial charge in [-0.15, -0.1) is 12.4 Å².